The molecule has 3 aromatic rings. The molecule has 0 fully saturated rings. The van der Waals surface area contributed by atoms with Gasteiger partial charge in [0.05, 0.1) is 10.9 Å². The van der Waals surface area contributed by atoms with Crippen molar-refractivity contribution in [3.8, 4) is 9.88 Å². The topological polar surface area (TPSA) is 42.0 Å². The highest BCUT2D eigenvalue weighted by Gasteiger charge is 2.15. The van der Waals surface area contributed by atoms with Crippen molar-refractivity contribution in [3.63, 3.8) is 0 Å². The zero-order valence-corrected chi connectivity index (χ0v) is 13.4. The molecule has 3 nitrogen and oxygen atoms in total. The number of nitrogens with zero attached hydrogens (tertiary/aromatic N) is 1. The maximum atomic E-state index is 12.9. The Kier molecular flexibility index (Phi) is 4.31. The second-order valence-electron chi connectivity index (χ2n) is 4.76. The highest BCUT2D eigenvalue weighted by molar-refractivity contribution is 7.20. The van der Waals surface area contributed by atoms with Gasteiger partial charge >= 0.3 is 0 Å². The molecule has 0 saturated carbocycles. The quantitative estimate of drug-likeness (QED) is 0.764. The summed E-state index contributed by atoms with van der Waals surface area (Å²) in [5.74, 6) is -0.516. The number of hydrogen-bond donors (Lipinski definition) is 1. The molecular weight excluding hydrogens is 319 g/mol. The zero-order chi connectivity index (χ0) is 15.5. The van der Waals surface area contributed by atoms with E-state index in [9.17, 15) is 9.18 Å². The minimum absolute atomic E-state index is 0.208. The van der Waals surface area contributed by atoms with Crippen LogP contribution in [0.25, 0.3) is 9.88 Å². The lowest BCUT2D eigenvalue weighted by Gasteiger charge is -2.13. The summed E-state index contributed by atoms with van der Waals surface area (Å²) in [4.78, 5) is 17.7. The van der Waals surface area contributed by atoms with Crippen LogP contribution in [-0.4, -0.2) is 10.9 Å². The van der Waals surface area contributed by atoms with Crippen molar-refractivity contribution < 1.29 is 9.18 Å². The van der Waals surface area contributed by atoms with Crippen molar-refractivity contribution in [2.45, 2.75) is 13.0 Å². The largest absolute Gasteiger partial charge is 0.344 e. The number of benzene rings is 1. The Morgan fingerprint density at radius 3 is 2.68 bits per heavy atom. The predicted octanol–water partition coefficient (Wildman–Crippen LogP) is 4.50. The van der Waals surface area contributed by atoms with E-state index < -0.39 is 0 Å². The van der Waals surface area contributed by atoms with Crippen LogP contribution in [0.4, 0.5) is 4.39 Å². The van der Waals surface area contributed by atoms with Gasteiger partial charge in [-0.2, -0.15) is 0 Å². The predicted molar refractivity (Wildman–Crippen MR) is 87.7 cm³/mol. The highest BCUT2D eigenvalue weighted by atomic mass is 32.1. The molecular formula is C16H13FN2OS2. The third-order valence-corrected chi connectivity index (χ3v) is 5.07. The van der Waals surface area contributed by atoms with Crippen molar-refractivity contribution >= 4 is 28.6 Å². The Morgan fingerprint density at radius 2 is 2.00 bits per heavy atom. The summed E-state index contributed by atoms with van der Waals surface area (Å²) in [6.45, 7) is 1.86. The fourth-order valence-electron chi connectivity index (χ4n) is 2.00. The first-order chi connectivity index (χ1) is 10.6. The summed E-state index contributed by atoms with van der Waals surface area (Å²) in [6, 6.07) is 9.83. The van der Waals surface area contributed by atoms with Gasteiger partial charge in [-0.25, -0.2) is 9.37 Å². The normalized spacial score (nSPS) is 12.1. The van der Waals surface area contributed by atoms with Crippen molar-refractivity contribution in [1.29, 1.82) is 0 Å². The number of thiazole rings is 1. The Labute approximate surface area is 135 Å². The molecule has 0 aliphatic carbocycles. The van der Waals surface area contributed by atoms with Crippen LogP contribution in [-0.2, 0) is 0 Å². The van der Waals surface area contributed by atoms with Gasteiger partial charge in [0.1, 0.15) is 16.5 Å². The molecule has 0 radical (unpaired) electrons. The smallest absolute Gasteiger partial charge is 0.271 e. The molecule has 0 saturated heterocycles. The molecule has 0 aliphatic heterocycles. The highest BCUT2D eigenvalue weighted by Crippen LogP contribution is 2.28. The van der Waals surface area contributed by atoms with E-state index in [0.717, 1.165) is 15.4 Å². The summed E-state index contributed by atoms with van der Waals surface area (Å²) >= 11 is 3.04. The van der Waals surface area contributed by atoms with Crippen molar-refractivity contribution in [2.75, 3.05) is 0 Å². The molecule has 112 valence electrons. The van der Waals surface area contributed by atoms with E-state index in [2.05, 4.69) is 10.3 Å². The molecule has 6 heteroatoms. The lowest BCUT2D eigenvalue weighted by atomic mass is 10.1. The number of halogens is 1. The number of rotatable bonds is 4. The minimum Gasteiger partial charge on any atom is -0.344 e. The number of nitrogens with one attached hydrogen (secondary N) is 1. The number of carbonyl (C=O) groups is 1. The van der Waals surface area contributed by atoms with Crippen LogP contribution in [0, 0.1) is 5.82 Å². The van der Waals surface area contributed by atoms with Crippen LogP contribution in [0.15, 0.2) is 47.2 Å². The Morgan fingerprint density at radius 1 is 1.23 bits per heavy atom. The van der Waals surface area contributed by atoms with Gasteiger partial charge < -0.3 is 5.32 Å². The van der Waals surface area contributed by atoms with Crippen molar-refractivity contribution in [1.82, 2.24) is 10.3 Å². The Bertz CT molecular complexity index is 766. The van der Waals surface area contributed by atoms with Gasteiger partial charge in [-0.3, -0.25) is 4.79 Å². The monoisotopic (exact) mass is 332 g/mol. The summed E-state index contributed by atoms with van der Waals surface area (Å²) in [7, 11) is 0. The fraction of sp³-hybridized carbons (Fsp3) is 0.125. The number of hydrogen-bond acceptors (Lipinski definition) is 4. The molecule has 1 aromatic carbocycles. The van der Waals surface area contributed by atoms with Crippen molar-refractivity contribution in [3.05, 3.63) is 64.2 Å². The van der Waals surface area contributed by atoms with Gasteiger partial charge in [0.2, 0.25) is 0 Å². The Balaban J connectivity index is 1.70. The second kappa shape index (κ2) is 6.37. The van der Waals surface area contributed by atoms with Crippen LogP contribution in [0.5, 0.6) is 0 Å². The van der Waals surface area contributed by atoms with E-state index in [1.807, 2.05) is 24.4 Å². The molecule has 0 spiro atoms. The molecule has 22 heavy (non-hydrogen) atoms. The third kappa shape index (κ3) is 3.23. The van der Waals surface area contributed by atoms with E-state index in [4.69, 9.17) is 0 Å². The van der Waals surface area contributed by atoms with Gasteiger partial charge in [-0.1, -0.05) is 18.2 Å². The van der Waals surface area contributed by atoms with Crippen LogP contribution in [0.2, 0.25) is 0 Å². The van der Waals surface area contributed by atoms with Gasteiger partial charge in [0.15, 0.2) is 0 Å². The maximum absolute atomic E-state index is 12.9. The second-order valence-corrected chi connectivity index (χ2v) is 6.57. The van der Waals surface area contributed by atoms with E-state index in [-0.39, 0.29) is 17.8 Å². The molecule has 3 rings (SSSR count). The lowest BCUT2D eigenvalue weighted by Crippen LogP contribution is -2.26. The molecule has 0 bridgehead atoms. The molecule has 2 heterocycles. The first kappa shape index (κ1) is 14.9. The molecule has 2 aromatic heterocycles. The number of thiophene rings is 1. The first-order valence-corrected chi connectivity index (χ1v) is 8.45. The number of amides is 1. The standard InChI is InChI=1S/C16H13FN2OS2/c1-10(11-4-6-12(17)7-5-11)18-15(20)13-9-22-16(19-13)14-3-2-8-21-14/h2-10H,1H3,(H,18,20)/t10-/m1/s1. The Hall–Kier alpha value is -2.05. The van der Waals surface area contributed by atoms with Crippen LogP contribution < -0.4 is 5.32 Å². The van der Waals surface area contributed by atoms with E-state index in [1.165, 1.54) is 23.5 Å². The summed E-state index contributed by atoms with van der Waals surface area (Å²) in [5, 5.41) is 7.45. The number of carbonyl (C=O) groups excluding carboxylic acids is 1. The van der Waals surface area contributed by atoms with E-state index in [0.29, 0.717) is 5.69 Å². The maximum Gasteiger partial charge on any atom is 0.271 e. The van der Waals surface area contributed by atoms with Gasteiger partial charge in [0, 0.05) is 5.38 Å². The SMILES string of the molecule is C[C@@H](NC(=O)c1csc(-c2cccs2)n1)c1ccc(F)cc1. The average molecular weight is 332 g/mol. The molecule has 1 N–H and O–H groups in total. The summed E-state index contributed by atoms with van der Waals surface area (Å²) in [6.07, 6.45) is 0. The van der Waals surface area contributed by atoms with Gasteiger partial charge in [-0.15, -0.1) is 22.7 Å². The zero-order valence-electron chi connectivity index (χ0n) is 11.7. The average Bonchev–Trinajstić information content (AvgIpc) is 3.19. The summed E-state index contributed by atoms with van der Waals surface area (Å²) < 4.78 is 12.9. The van der Waals surface area contributed by atoms with Gasteiger partial charge in [0.25, 0.3) is 5.91 Å². The molecule has 0 aliphatic rings. The summed E-state index contributed by atoms with van der Waals surface area (Å²) in [5.41, 5.74) is 1.26. The first-order valence-electron chi connectivity index (χ1n) is 6.69. The molecule has 1 atom stereocenters. The lowest BCUT2D eigenvalue weighted by molar-refractivity contribution is 0.0935. The van der Waals surface area contributed by atoms with Crippen LogP contribution >= 0.6 is 22.7 Å². The molecule has 1 amide bonds. The van der Waals surface area contributed by atoms with Crippen LogP contribution in [0.1, 0.15) is 29.0 Å². The molecule has 0 unspecified atom stereocenters. The fourth-order valence-corrected chi connectivity index (χ4v) is 3.61. The number of aromatic nitrogens is 1. The van der Waals surface area contributed by atoms with E-state index in [1.54, 1.807) is 28.8 Å². The van der Waals surface area contributed by atoms with Crippen molar-refractivity contribution in [2.24, 2.45) is 0 Å². The van der Waals surface area contributed by atoms with E-state index >= 15 is 0 Å². The van der Waals surface area contributed by atoms with Gasteiger partial charge in [-0.05, 0) is 36.1 Å². The minimum atomic E-state index is -0.289. The third-order valence-electron chi connectivity index (χ3n) is 3.19. The van der Waals surface area contributed by atoms with Crippen LogP contribution in [0.3, 0.4) is 0 Å².